The average Bonchev–Trinajstić information content (AvgIpc) is 2.79. The second-order valence-corrected chi connectivity index (χ2v) is 7.47. The van der Waals surface area contributed by atoms with Gasteiger partial charge in [0.2, 0.25) is 0 Å². The highest BCUT2D eigenvalue weighted by Gasteiger charge is 2.15. The van der Waals surface area contributed by atoms with Gasteiger partial charge in [-0.3, -0.25) is 9.78 Å². The summed E-state index contributed by atoms with van der Waals surface area (Å²) in [6.45, 7) is 1.40. The first-order valence-electron chi connectivity index (χ1n) is 9.85. The Bertz CT molecular complexity index is 1270. The highest BCUT2D eigenvalue weighted by Crippen LogP contribution is 2.24. The smallest absolute Gasteiger partial charge is 0.339 e. The summed E-state index contributed by atoms with van der Waals surface area (Å²) in [6.07, 6.45) is 0. The van der Waals surface area contributed by atoms with Crippen LogP contribution in [0.2, 0.25) is 5.02 Å². The van der Waals surface area contributed by atoms with Crippen molar-refractivity contribution in [3.05, 3.63) is 95.1 Å². The Morgan fingerprint density at radius 3 is 2.31 bits per heavy atom. The Labute approximate surface area is 189 Å². The van der Waals surface area contributed by atoms with Gasteiger partial charge in [-0.1, -0.05) is 29.8 Å². The average molecular weight is 447 g/mol. The van der Waals surface area contributed by atoms with E-state index < -0.39 is 18.5 Å². The normalized spacial score (nSPS) is 10.6. The molecule has 0 radical (unpaired) electrons. The summed E-state index contributed by atoms with van der Waals surface area (Å²) in [5, 5.41) is 4.00. The minimum absolute atomic E-state index is 0.379. The van der Waals surface area contributed by atoms with Gasteiger partial charge < -0.3 is 14.8 Å². The van der Waals surface area contributed by atoms with Crippen molar-refractivity contribution in [3.8, 4) is 11.5 Å². The first kappa shape index (κ1) is 21.3. The van der Waals surface area contributed by atoms with Crippen LogP contribution < -0.4 is 10.1 Å². The van der Waals surface area contributed by atoms with Crippen molar-refractivity contribution in [2.24, 2.45) is 0 Å². The van der Waals surface area contributed by atoms with E-state index in [1.165, 1.54) is 0 Å². The number of para-hydroxylation sites is 1. The number of ether oxygens (including phenoxy) is 2. The van der Waals surface area contributed by atoms with E-state index in [0.717, 1.165) is 0 Å². The van der Waals surface area contributed by atoms with Crippen molar-refractivity contribution in [1.29, 1.82) is 0 Å². The molecule has 0 fully saturated rings. The molecule has 3 aromatic carbocycles. The summed E-state index contributed by atoms with van der Waals surface area (Å²) < 4.78 is 10.9. The molecule has 0 aliphatic carbocycles. The van der Waals surface area contributed by atoms with Crippen LogP contribution >= 0.6 is 11.6 Å². The zero-order valence-electron chi connectivity index (χ0n) is 17.2. The maximum absolute atomic E-state index is 12.6. The van der Waals surface area contributed by atoms with E-state index >= 15 is 0 Å². The molecule has 0 unspecified atom stereocenters. The number of rotatable bonds is 6. The Balaban J connectivity index is 1.34. The molecule has 0 atom stereocenters. The molecule has 0 bridgehead atoms. The van der Waals surface area contributed by atoms with Crippen molar-refractivity contribution in [2.45, 2.75) is 6.92 Å². The summed E-state index contributed by atoms with van der Waals surface area (Å²) >= 11 is 5.87. The fourth-order valence-corrected chi connectivity index (χ4v) is 3.25. The predicted molar refractivity (Wildman–Crippen MR) is 123 cm³/mol. The number of anilines is 1. The molecule has 7 heteroatoms. The lowest BCUT2D eigenvalue weighted by Crippen LogP contribution is -2.21. The molecule has 0 aliphatic rings. The van der Waals surface area contributed by atoms with Crippen LogP contribution in [0.4, 0.5) is 5.69 Å². The molecule has 0 saturated carbocycles. The van der Waals surface area contributed by atoms with Crippen LogP contribution in [-0.4, -0.2) is 23.5 Å². The van der Waals surface area contributed by atoms with Crippen LogP contribution in [0.25, 0.3) is 10.9 Å². The molecule has 32 heavy (non-hydrogen) atoms. The Morgan fingerprint density at radius 2 is 1.59 bits per heavy atom. The van der Waals surface area contributed by atoms with Gasteiger partial charge in [-0.25, -0.2) is 4.79 Å². The van der Waals surface area contributed by atoms with Crippen LogP contribution in [0.15, 0.2) is 78.9 Å². The summed E-state index contributed by atoms with van der Waals surface area (Å²) in [5.74, 6) is 0.238. The first-order chi connectivity index (χ1) is 15.5. The number of aryl methyl sites for hydroxylation is 1. The van der Waals surface area contributed by atoms with Gasteiger partial charge in [0.05, 0.1) is 11.1 Å². The van der Waals surface area contributed by atoms with Gasteiger partial charge in [-0.05, 0) is 67.6 Å². The van der Waals surface area contributed by atoms with Gasteiger partial charge in [-0.15, -0.1) is 0 Å². The minimum atomic E-state index is -0.575. The van der Waals surface area contributed by atoms with E-state index in [1.54, 1.807) is 67.6 Å². The van der Waals surface area contributed by atoms with Crippen LogP contribution in [0, 0.1) is 6.92 Å². The maximum atomic E-state index is 12.6. The van der Waals surface area contributed by atoms with Crippen molar-refractivity contribution in [2.75, 3.05) is 11.9 Å². The molecule has 1 aromatic heterocycles. The third kappa shape index (κ3) is 5.22. The number of hydrogen-bond donors (Lipinski definition) is 1. The van der Waals surface area contributed by atoms with Gasteiger partial charge in [0.25, 0.3) is 5.91 Å². The number of carbonyl (C=O) groups excluding carboxylic acids is 2. The van der Waals surface area contributed by atoms with E-state index in [-0.39, 0.29) is 0 Å². The third-order valence-corrected chi connectivity index (χ3v) is 4.84. The molecule has 4 rings (SSSR count). The van der Waals surface area contributed by atoms with Crippen molar-refractivity contribution < 1.29 is 19.1 Å². The Morgan fingerprint density at radius 1 is 0.938 bits per heavy atom. The number of esters is 1. The number of nitrogens with one attached hydrogen (secondary N) is 1. The number of pyridine rings is 1. The molecule has 6 nitrogen and oxygen atoms in total. The number of nitrogens with zero attached hydrogens (tertiary/aromatic N) is 1. The van der Waals surface area contributed by atoms with E-state index in [9.17, 15) is 9.59 Å². The van der Waals surface area contributed by atoms with Gasteiger partial charge in [0.1, 0.15) is 11.5 Å². The fraction of sp³-hybridized carbons (Fsp3) is 0.0800. The molecule has 1 N–H and O–H groups in total. The van der Waals surface area contributed by atoms with Crippen molar-refractivity contribution >= 4 is 40.1 Å². The molecule has 1 amide bonds. The lowest BCUT2D eigenvalue weighted by molar-refractivity contribution is -0.119. The molecule has 0 aliphatic heterocycles. The van der Waals surface area contributed by atoms with E-state index in [4.69, 9.17) is 21.1 Å². The molecule has 0 saturated heterocycles. The molecule has 160 valence electrons. The van der Waals surface area contributed by atoms with Gasteiger partial charge in [0.15, 0.2) is 6.61 Å². The van der Waals surface area contributed by atoms with Crippen LogP contribution in [0.3, 0.4) is 0 Å². The number of hydrogen-bond acceptors (Lipinski definition) is 5. The second-order valence-electron chi connectivity index (χ2n) is 7.03. The number of benzene rings is 3. The zero-order valence-corrected chi connectivity index (χ0v) is 17.9. The molecular weight excluding hydrogens is 428 g/mol. The van der Waals surface area contributed by atoms with E-state index in [0.29, 0.717) is 44.4 Å². The topological polar surface area (TPSA) is 77.5 Å². The standard InChI is InChI=1S/C25H19ClN2O4/c1-16-14-22(21-4-2-3-5-23(21)27-16)25(30)31-15-24(29)28-18-8-12-20(13-9-18)32-19-10-6-17(26)7-11-19/h2-14H,15H2,1H3,(H,28,29). The Hall–Kier alpha value is -3.90. The number of carbonyl (C=O) groups is 2. The maximum Gasteiger partial charge on any atom is 0.339 e. The van der Waals surface area contributed by atoms with Crippen LogP contribution in [0.1, 0.15) is 16.1 Å². The quantitative estimate of drug-likeness (QED) is 0.379. The first-order valence-corrected chi connectivity index (χ1v) is 10.2. The van der Waals surface area contributed by atoms with Crippen LogP contribution in [0.5, 0.6) is 11.5 Å². The van der Waals surface area contributed by atoms with Crippen LogP contribution in [-0.2, 0) is 9.53 Å². The highest BCUT2D eigenvalue weighted by molar-refractivity contribution is 6.30. The second kappa shape index (κ2) is 9.49. The number of fused-ring (bicyclic) bond motifs is 1. The molecule has 0 spiro atoms. The lowest BCUT2D eigenvalue weighted by atomic mass is 10.1. The minimum Gasteiger partial charge on any atom is -0.457 e. The van der Waals surface area contributed by atoms with Gasteiger partial charge in [0, 0.05) is 21.8 Å². The summed E-state index contributed by atoms with van der Waals surface area (Å²) in [4.78, 5) is 29.2. The molecule has 1 heterocycles. The monoisotopic (exact) mass is 446 g/mol. The van der Waals surface area contributed by atoms with E-state index in [2.05, 4.69) is 10.3 Å². The largest absolute Gasteiger partial charge is 0.457 e. The van der Waals surface area contributed by atoms with Gasteiger partial charge >= 0.3 is 5.97 Å². The van der Waals surface area contributed by atoms with Crippen molar-refractivity contribution in [3.63, 3.8) is 0 Å². The number of aromatic nitrogens is 1. The third-order valence-electron chi connectivity index (χ3n) is 4.59. The molecule has 4 aromatic rings. The number of halogens is 1. The summed E-state index contributed by atoms with van der Waals surface area (Å²) in [7, 11) is 0. The summed E-state index contributed by atoms with van der Waals surface area (Å²) in [5.41, 5.74) is 2.33. The fourth-order valence-electron chi connectivity index (χ4n) is 3.13. The zero-order chi connectivity index (χ0) is 22.5. The van der Waals surface area contributed by atoms with Crippen molar-refractivity contribution in [1.82, 2.24) is 4.98 Å². The predicted octanol–water partition coefficient (Wildman–Crippen LogP) is 5.78. The van der Waals surface area contributed by atoms with Gasteiger partial charge in [-0.2, -0.15) is 0 Å². The van der Waals surface area contributed by atoms with E-state index in [1.807, 2.05) is 18.2 Å². The summed E-state index contributed by atoms with van der Waals surface area (Å²) in [6, 6.07) is 22.8. The molecular formula is C25H19ClN2O4. The highest BCUT2D eigenvalue weighted by atomic mass is 35.5. The Kier molecular flexibility index (Phi) is 6.33. The number of amides is 1. The lowest BCUT2D eigenvalue weighted by Gasteiger charge is -2.10. The SMILES string of the molecule is Cc1cc(C(=O)OCC(=O)Nc2ccc(Oc3ccc(Cl)cc3)cc2)c2ccccc2n1.